The zero-order valence-corrected chi connectivity index (χ0v) is 13.3. The van der Waals surface area contributed by atoms with Gasteiger partial charge in [-0.25, -0.2) is 15.0 Å². The second kappa shape index (κ2) is 6.79. The van der Waals surface area contributed by atoms with E-state index in [0.29, 0.717) is 5.15 Å². The molecule has 7 heteroatoms. The number of nitrogens with zero attached hydrogens (tertiary/aromatic N) is 4. The summed E-state index contributed by atoms with van der Waals surface area (Å²) in [6, 6.07) is 0. The summed E-state index contributed by atoms with van der Waals surface area (Å²) in [5, 5.41) is 0.556. The molecular formula is C15H19ClN6. The van der Waals surface area contributed by atoms with Crippen molar-refractivity contribution < 1.29 is 0 Å². The van der Waals surface area contributed by atoms with E-state index in [9.17, 15) is 0 Å². The van der Waals surface area contributed by atoms with E-state index in [1.807, 2.05) is 12.4 Å². The zero-order chi connectivity index (χ0) is 15.4. The Morgan fingerprint density at radius 2 is 2.23 bits per heavy atom. The van der Waals surface area contributed by atoms with Crippen LogP contribution in [-0.4, -0.2) is 29.5 Å². The summed E-state index contributed by atoms with van der Waals surface area (Å²) in [6.07, 6.45) is 11.2. The number of nitrogens with one attached hydrogen (secondary N) is 2. The van der Waals surface area contributed by atoms with E-state index in [4.69, 9.17) is 11.6 Å². The second-order valence-electron chi connectivity index (χ2n) is 5.22. The van der Waals surface area contributed by atoms with Crippen molar-refractivity contribution in [3.63, 3.8) is 0 Å². The molecule has 22 heavy (non-hydrogen) atoms. The number of imidazole rings is 3. The van der Waals surface area contributed by atoms with Crippen LogP contribution in [0.15, 0.2) is 24.9 Å². The molecule has 3 aromatic rings. The molecule has 0 aliphatic rings. The Morgan fingerprint density at radius 1 is 1.32 bits per heavy atom. The Labute approximate surface area is 134 Å². The van der Waals surface area contributed by atoms with Crippen molar-refractivity contribution in [3.05, 3.63) is 41.6 Å². The summed E-state index contributed by atoms with van der Waals surface area (Å²) < 4.78 is 2.06. The van der Waals surface area contributed by atoms with Gasteiger partial charge in [-0.2, -0.15) is 0 Å². The van der Waals surface area contributed by atoms with Crippen LogP contribution in [0.1, 0.15) is 31.3 Å². The fraction of sp³-hybridized carbons (Fsp3) is 0.400. The zero-order valence-electron chi connectivity index (χ0n) is 12.5. The van der Waals surface area contributed by atoms with Gasteiger partial charge < -0.3 is 14.5 Å². The fourth-order valence-corrected chi connectivity index (χ4v) is 2.61. The summed E-state index contributed by atoms with van der Waals surface area (Å²) in [4.78, 5) is 19.3. The van der Waals surface area contributed by atoms with E-state index in [-0.39, 0.29) is 0 Å². The van der Waals surface area contributed by atoms with Gasteiger partial charge in [-0.1, -0.05) is 24.9 Å². The van der Waals surface area contributed by atoms with Crippen LogP contribution >= 0.6 is 11.6 Å². The number of halogens is 1. The predicted octanol–water partition coefficient (Wildman–Crippen LogP) is 3.24. The third kappa shape index (κ3) is 3.22. The van der Waals surface area contributed by atoms with Crippen molar-refractivity contribution in [1.29, 1.82) is 0 Å². The first-order chi connectivity index (χ1) is 10.8. The van der Waals surface area contributed by atoms with Crippen LogP contribution in [0.25, 0.3) is 11.5 Å². The van der Waals surface area contributed by atoms with Gasteiger partial charge in [0.1, 0.15) is 16.7 Å². The summed E-state index contributed by atoms with van der Waals surface area (Å²) >= 11 is 6.30. The number of aryl methyl sites for hydroxylation is 3. The standard InChI is InChI=1S/C15H19ClN6/c1-2-3-4-12-20-13(14(16)21-12)15-18-6-8-22(15)7-5-11-9-17-10-19-11/h6,8-10H,2-5,7H2,1H3,(H,17,19)(H,20,21). The molecule has 3 aromatic heterocycles. The number of aromatic amines is 2. The van der Waals surface area contributed by atoms with Crippen LogP contribution in [0.4, 0.5) is 0 Å². The minimum absolute atomic E-state index is 0.556. The number of H-pyrrole nitrogens is 2. The minimum atomic E-state index is 0.556. The highest BCUT2D eigenvalue weighted by Crippen LogP contribution is 2.25. The molecule has 0 atom stereocenters. The molecular weight excluding hydrogens is 300 g/mol. The van der Waals surface area contributed by atoms with E-state index in [0.717, 1.165) is 55.3 Å². The SMILES string of the molecule is CCCCc1nc(-c2nccn2CCc2cnc[nH]2)c(Cl)[nH]1. The summed E-state index contributed by atoms with van der Waals surface area (Å²) in [6.45, 7) is 2.96. The Balaban J connectivity index is 1.77. The van der Waals surface area contributed by atoms with Crippen LogP contribution in [0, 0.1) is 0 Å². The number of rotatable bonds is 7. The molecule has 0 unspecified atom stereocenters. The smallest absolute Gasteiger partial charge is 0.161 e. The van der Waals surface area contributed by atoms with Crippen molar-refractivity contribution in [2.24, 2.45) is 0 Å². The molecule has 3 heterocycles. The second-order valence-corrected chi connectivity index (χ2v) is 5.60. The number of aromatic nitrogens is 6. The summed E-state index contributed by atoms with van der Waals surface area (Å²) in [7, 11) is 0. The first-order valence-corrected chi connectivity index (χ1v) is 7.89. The van der Waals surface area contributed by atoms with Gasteiger partial charge in [0, 0.05) is 43.7 Å². The van der Waals surface area contributed by atoms with E-state index >= 15 is 0 Å². The summed E-state index contributed by atoms with van der Waals surface area (Å²) in [5.41, 5.74) is 1.82. The summed E-state index contributed by atoms with van der Waals surface area (Å²) in [5.74, 6) is 1.72. The molecule has 0 aromatic carbocycles. The molecule has 3 rings (SSSR count). The van der Waals surface area contributed by atoms with Crippen molar-refractivity contribution in [2.75, 3.05) is 0 Å². The van der Waals surface area contributed by atoms with Gasteiger partial charge in [-0.3, -0.25) is 0 Å². The van der Waals surface area contributed by atoms with Crippen molar-refractivity contribution in [2.45, 2.75) is 39.2 Å². The molecule has 0 aliphatic heterocycles. The van der Waals surface area contributed by atoms with Crippen molar-refractivity contribution in [3.8, 4) is 11.5 Å². The van der Waals surface area contributed by atoms with Crippen LogP contribution < -0.4 is 0 Å². The highest BCUT2D eigenvalue weighted by molar-refractivity contribution is 6.31. The molecule has 0 bridgehead atoms. The Morgan fingerprint density at radius 3 is 3.00 bits per heavy atom. The largest absolute Gasteiger partial charge is 0.348 e. The van der Waals surface area contributed by atoms with Crippen molar-refractivity contribution in [1.82, 2.24) is 29.5 Å². The minimum Gasteiger partial charge on any atom is -0.348 e. The van der Waals surface area contributed by atoms with Gasteiger partial charge in [-0.15, -0.1) is 0 Å². The lowest BCUT2D eigenvalue weighted by molar-refractivity contribution is 0.692. The lowest BCUT2D eigenvalue weighted by atomic mass is 10.2. The van der Waals surface area contributed by atoms with Crippen LogP contribution in [-0.2, 0) is 19.4 Å². The van der Waals surface area contributed by atoms with Gasteiger partial charge in [-0.05, 0) is 6.42 Å². The van der Waals surface area contributed by atoms with E-state index in [2.05, 4.69) is 36.4 Å². The molecule has 0 saturated heterocycles. The Kier molecular flexibility index (Phi) is 4.58. The highest BCUT2D eigenvalue weighted by Gasteiger charge is 2.15. The number of unbranched alkanes of at least 4 members (excludes halogenated alkanes) is 1. The van der Waals surface area contributed by atoms with Gasteiger partial charge >= 0.3 is 0 Å². The van der Waals surface area contributed by atoms with Crippen molar-refractivity contribution >= 4 is 11.6 Å². The molecule has 0 radical (unpaired) electrons. The maximum atomic E-state index is 6.30. The van der Waals surface area contributed by atoms with Gasteiger partial charge in [0.2, 0.25) is 0 Å². The predicted molar refractivity (Wildman–Crippen MR) is 85.7 cm³/mol. The van der Waals surface area contributed by atoms with E-state index in [1.165, 1.54) is 0 Å². The first kappa shape index (κ1) is 14.8. The average Bonchev–Trinajstić information content (AvgIpc) is 3.23. The highest BCUT2D eigenvalue weighted by atomic mass is 35.5. The maximum absolute atomic E-state index is 6.30. The lowest BCUT2D eigenvalue weighted by Gasteiger charge is -2.05. The van der Waals surface area contributed by atoms with Gasteiger partial charge in [0.05, 0.1) is 6.33 Å². The van der Waals surface area contributed by atoms with E-state index in [1.54, 1.807) is 12.5 Å². The Bertz CT molecular complexity index is 712. The normalized spacial score (nSPS) is 11.2. The molecule has 0 aliphatic carbocycles. The molecule has 2 N–H and O–H groups in total. The monoisotopic (exact) mass is 318 g/mol. The molecule has 0 amide bonds. The molecule has 0 spiro atoms. The first-order valence-electron chi connectivity index (χ1n) is 7.51. The quantitative estimate of drug-likeness (QED) is 0.702. The van der Waals surface area contributed by atoms with E-state index < -0.39 is 0 Å². The molecule has 0 fully saturated rings. The Hall–Kier alpha value is -2.08. The molecule has 6 nitrogen and oxygen atoms in total. The van der Waals surface area contributed by atoms with Crippen LogP contribution in [0.2, 0.25) is 5.15 Å². The van der Waals surface area contributed by atoms with Gasteiger partial charge in [0.15, 0.2) is 5.82 Å². The van der Waals surface area contributed by atoms with Crippen LogP contribution in [0.3, 0.4) is 0 Å². The fourth-order valence-electron chi connectivity index (χ4n) is 2.38. The average molecular weight is 319 g/mol. The maximum Gasteiger partial charge on any atom is 0.161 e. The third-order valence-corrected chi connectivity index (χ3v) is 3.85. The molecule has 0 saturated carbocycles. The van der Waals surface area contributed by atoms with Crippen LogP contribution in [0.5, 0.6) is 0 Å². The third-order valence-electron chi connectivity index (χ3n) is 3.58. The van der Waals surface area contributed by atoms with Gasteiger partial charge in [0.25, 0.3) is 0 Å². The number of hydrogen-bond acceptors (Lipinski definition) is 3. The number of hydrogen-bond donors (Lipinski definition) is 2. The lowest BCUT2D eigenvalue weighted by Crippen LogP contribution is -2.03. The topological polar surface area (TPSA) is 75.2 Å². The molecule has 116 valence electrons.